The zero-order valence-electron chi connectivity index (χ0n) is 7.89. The number of Topliss-reactive ketones (excluding diaryl/α,β-unsaturated/α-hetero) is 1. The van der Waals surface area contributed by atoms with Gasteiger partial charge in [0.05, 0.1) is 7.11 Å². The molecular weight excluding hydrogens is 230 g/mol. The smallest absolute Gasteiger partial charge is 0.328 e. The van der Waals surface area contributed by atoms with Crippen molar-refractivity contribution in [2.24, 2.45) is 11.1 Å². The van der Waals surface area contributed by atoms with E-state index in [0.717, 1.165) is 14.2 Å². The van der Waals surface area contributed by atoms with Crippen molar-refractivity contribution < 1.29 is 29.1 Å². The number of nitrogens with zero attached hydrogens (tertiary/aromatic N) is 1. The van der Waals surface area contributed by atoms with Crippen LogP contribution in [0.1, 0.15) is 0 Å². The lowest BCUT2D eigenvalue weighted by atomic mass is 10.1. The van der Waals surface area contributed by atoms with Crippen molar-refractivity contribution in [3.8, 4) is 0 Å². The number of ether oxygens (including phenoxy) is 1. The van der Waals surface area contributed by atoms with Gasteiger partial charge in [0.15, 0.2) is 0 Å². The predicted molar refractivity (Wildman–Crippen MR) is 48.4 cm³/mol. The van der Waals surface area contributed by atoms with E-state index in [1.165, 1.54) is 0 Å². The van der Waals surface area contributed by atoms with Gasteiger partial charge in [-0.15, -0.1) is 0 Å². The number of esters is 1. The first-order chi connectivity index (χ1) is 6.95. The predicted octanol–water partition coefficient (Wildman–Crippen LogP) is -0.372. The Kier molecular flexibility index (Phi) is 5.32. The lowest BCUT2D eigenvalue weighted by molar-refractivity contribution is -0.158. The number of hydrogen-bond acceptors (Lipinski definition) is 6. The minimum atomic E-state index is -2.03. The van der Waals surface area contributed by atoms with E-state index in [1.807, 2.05) is 0 Å². The van der Waals surface area contributed by atoms with E-state index in [9.17, 15) is 14.4 Å². The van der Waals surface area contributed by atoms with Gasteiger partial charge in [0.25, 0.3) is 0 Å². The molecule has 0 aliphatic rings. The minimum absolute atomic E-state index is 0.740. The normalized spacial score (nSPS) is 12.9. The Morgan fingerprint density at radius 1 is 1.33 bits per heavy atom. The van der Waals surface area contributed by atoms with Gasteiger partial charge >= 0.3 is 11.9 Å². The van der Waals surface area contributed by atoms with Crippen LogP contribution in [0.2, 0.25) is 0 Å². The Labute approximate surface area is 89.6 Å². The van der Waals surface area contributed by atoms with Gasteiger partial charge in [0.2, 0.25) is 16.9 Å². The van der Waals surface area contributed by atoms with Gasteiger partial charge < -0.3 is 14.7 Å². The van der Waals surface area contributed by atoms with E-state index in [0.29, 0.717) is 0 Å². The molecule has 0 spiro atoms. The Morgan fingerprint density at radius 3 is 2.20 bits per heavy atom. The van der Waals surface area contributed by atoms with Crippen LogP contribution >= 0.6 is 11.6 Å². The molecule has 0 aromatic heterocycles. The van der Waals surface area contributed by atoms with Crippen LogP contribution in [-0.4, -0.2) is 42.2 Å². The molecule has 1 unspecified atom stereocenters. The molecule has 1 atom stereocenters. The Hall–Kier alpha value is -1.63. The number of carboxylic acids is 1. The number of carbonyl (C=O) groups is 3. The fraction of sp³-hybridized carbons (Fsp3) is 0.429. The van der Waals surface area contributed by atoms with Crippen molar-refractivity contribution in [1.82, 2.24) is 0 Å². The van der Waals surface area contributed by atoms with Crippen molar-refractivity contribution in [3.05, 3.63) is 0 Å². The summed E-state index contributed by atoms with van der Waals surface area (Å²) in [5.74, 6) is -6.12. The van der Waals surface area contributed by atoms with Crippen LogP contribution in [0.3, 0.4) is 0 Å². The lowest BCUT2D eigenvalue weighted by Gasteiger charge is -2.06. The maximum absolute atomic E-state index is 11.3. The monoisotopic (exact) mass is 237 g/mol. The summed E-state index contributed by atoms with van der Waals surface area (Å²) >= 11 is 5.28. The van der Waals surface area contributed by atoms with Crippen LogP contribution < -0.4 is 0 Å². The summed E-state index contributed by atoms with van der Waals surface area (Å²) in [5.41, 5.74) is 0. The molecule has 0 fully saturated rings. The van der Waals surface area contributed by atoms with E-state index in [4.69, 9.17) is 16.7 Å². The summed E-state index contributed by atoms with van der Waals surface area (Å²) in [6.07, 6.45) is 0. The Bertz CT molecular complexity index is 313. The van der Waals surface area contributed by atoms with Crippen LogP contribution in [0.25, 0.3) is 0 Å². The molecule has 0 saturated heterocycles. The highest BCUT2D eigenvalue weighted by molar-refractivity contribution is 6.84. The average molecular weight is 238 g/mol. The third kappa shape index (κ3) is 3.55. The molecule has 8 heteroatoms. The van der Waals surface area contributed by atoms with E-state index in [2.05, 4.69) is 14.7 Å². The highest BCUT2D eigenvalue weighted by atomic mass is 35.5. The molecule has 0 aromatic carbocycles. The number of methoxy groups -OCH3 is 1. The molecule has 0 aliphatic heterocycles. The van der Waals surface area contributed by atoms with Crippen molar-refractivity contribution in [2.45, 2.75) is 0 Å². The van der Waals surface area contributed by atoms with E-state index in [1.54, 1.807) is 0 Å². The van der Waals surface area contributed by atoms with E-state index in [-0.39, 0.29) is 0 Å². The first-order valence-electron chi connectivity index (χ1n) is 3.57. The Balaban J connectivity index is 4.95. The standard InChI is InChI=1S/C7H8ClNO6/c1-14-7(13)3(6(11)12)4(10)5(8)9-15-2/h3H,1-2H3,(H,11,12)/b9-5-. The number of aliphatic carboxylic acids is 1. The van der Waals surface area contributed by atoms with Crippen LogP contribution in [0, 0.1) is 5.92 Å². The fourth-order valence-corrected chi connectivity index (χ4v) is 0.860. The quantitative estimate of drug-likeness (QED) is 0.303. The average Bonchev–Trinajstić information content (AvgIpc) is 2.17. The molecular formula is C7H8ClNO6. The number of carbonyl (C=O) groups excluding carboxylic acids is 2. The second-order valence-corrected chi connectivity index (χ2v) is 2.58. The lowest BCUT2D eigenvalue weighted by Crippen LogP contribution is -2.35. The summed E-state index contributed by atoms with van der Waals surface area (Å²) < 4.78 is 4.13. The molecule has 0 bridgehead atoms. The second-order valence-electron chi connectivity index (χ2n) is 2.22. The van der Waals surface area contributed by atoms with E-state index < -0.39 is 28.8 Å². The summed E-state index contributed by atoms with van der Waals surface area (Å²) in [7, 11) is 2.07. The Morgan fingerprint density at radius 2 is 1.87 bits per heavy atom. The van der Waals surface area contributed by atoms with Crippen LogP contribution in [0.15, 0.2) is 5.16 Å². The summed E-state index contributed by atoms with van der Waals surface area (Å²) in [6.45, 7) is 0. The van der Waals surface area contributed by atoms with Gasteiger partial charge in [0.1, 0.15) is 7.11 Å². The van der Waals surface area contributed by atoms with E-state index >= 15 is 0 Å². The molecule has 84 valence electrons. The second kappa shape index (κ2) is 5.97. The highest BCUT2D eigenvalue weighted by Gasteiger charge is 2.37. The molecule has 0 aromatic rings. The zero-order valence-corrected chi connectivity index (χ0v) is 8.65. The molecule has 0 radical (unpaired) electrons. The zero-order chi connectivity index (χ0) is 12.0. The highest BCUT2D eigenvalue weighted by Crippen LogP contribution is 2.06. The largest absolute Gasteiger partial charge is 0.480 e. The number of hydrogen-bond donors (Lipinski definition) is 1. The van der Waals surface area contributed by atoms with Crippen molar-refractivity contribution in [2.75, 3.05) is 14.2 Å². The number of oxime groups is 1. The molecule has 0 amide bonds. The minimum Gasteiger partial charge on any atom is -0.480 e. The van der Waals surface area contributed by atoms with Crippen LogP contribution in [0.4, 0.5) is 0 Å². The molecule has 7 nitrogen and oxygen atoms in total. The van der Waals surface area contributed by atoms with Crippen molar-refractivity contribution >= 4 is 34.5 Å². The van der Waals surface area contributed by atoms with Crippen LogP contribution in [-0.2, 0) is 24.0 Å². The topological polar surface area (TPSA) is 102 Å². The SMILES string of the molecule is CO/N=C(\Cl)C(=O)C(C(=O)O)C(=O)OC. The number of ketones is 1. The van der Waals surface area contributed by atoms with Gasteiger partial charge in [-0.1, -0.05) is 16.8 Å². The number of carboxylic acid groups (broad SMARTS) is 1. The van der Waals surface area contributed by atoms with Crippen molar-refractivity contribution in [1.29, 1.82) is 0 Å². The first kappa shape index (κ1) is 13.4. The molecule has 0 heterocycles. The molecule has 0 rings (SSSR count). The van der Waals surface area contributed by atoms with Crippen LogP contribution in [0.5, 0.6) is 0 Å². The molecule has 0 saturated carbocycles. The maximum atomic E-state index is 11.3. The third-order valence-corrected chi connectivity index (χ3v) is 1.58. The summed E-state index contributed by atoms with van der Waals surface area (Å²) in [5, 5.41) is 10.9. The van der Waals surface area contributed by atoms with Crippen molar-refractivity contribution in [3.63, 3.8) is 0 Å². The van der Waals surface area contributed by atoms with Gasteiger partial charge in [0, 0.05) is 0 Å². The third-order valence-electron chi connectivity index (χ3n) is 1.32. The summed E-state index contributed by atoms with van der Waals surface area (Å²) in [4.78, 5) is 36.9. The number of halogens is 1. The fourth-order valence-electron chi connectivity index (χ4n) is 0.682. The first-order valence-corrected chi connectivity index (χ1v) is 3.95. The van der Waals surface area contributed by atoms with Gasteiger partial charge in [-0.3, -0.25) is 14.4 Å². The number of rotatable bonds is 5. The summed E-state index contributed by atoms with van der Waals surface area (Å²) in [6, 6.07) is 0. The molecule has 1 N–H and O–H groups in total. The molecule has 0 aliphatic carbocycles. The maximum Gasteiger partial charge on any atom is 0.328 e. The molecule has 15 heavy (non-hydrogen) atoms. The van der Waals surface area contributed by atoms with Gasteiger partial charge in [-0.25, -0.2) is 0 Å². The van der Waals surface area contributed by atoms with Gasteiger partial charge in [-0.05, 0) is 0 Å². The van der Waals surface area contributed by atoms with Gasteiger partial charge in [-0.2, -0.15) is 0 Å².